The van der Waals surface area contributed by atoms with E-state index in [-0.39, 0.29) is 17.2 Å². The van der Waals surface area contributed by atoms with Crippen LogP contribution >= 0.6 is 0 Å². The minimum atomic E-state index is -0.680. The van der Waals surface area contributed by atoms with Gasteiger partial charge in [0.15, 0.2) is 0 Å². The lowest BCUT2D eigenvalue weighted by Crippen LogP contribution is -2.40. The molecule has 1 unspecified atom stereocenters. The molecular formula is C23H25NO3. The summed E-state index contributed by atoms with van der Waals surface area (Å²) in [6.45, 7) is 1.32. The van der Waals surface area contributed by atoms with Gasteiger partial charge in [0.05, 0.1) is 5.92 Å². The predicted octanol–water partition coefficient (Wildman–Crippen LogP) is 3.80. The molecule has 140 valence electrons. The summed E-state index contributed by atoms with van der Waals surface area (Å²) >= 11 is 0. The Kier molecular flexibility index (Phi) is 4.73. The fourth-order valence-corrected chi connectivity index (χ4v) is 4.45. The number of nitrogens with zero attached hydrogens (tertiary/aromatic N) is 1. The first-order chi connectivity index (χ1) is 13.1. The number of carbonyl (C=O) groups is 2. The van der Waals surface area contributed by atoms with Gasteiger partial charge >= 0.3 is 5.97 Å². The zero-order valence-corrected chi connectivity index (χ0v) is 15.4. The van der Waals surface area contributed by atoms with Gasteiger partial charge in [-0.3, -0.25) is 9.59 Å². The van der Waals surface area contributed by atoms with Crippen LogP contribution in [-0.4, -0.2) is 35.0 Å². The van der Waals surface area contributed by atoms with Crippen molar-refractivity contribution in [3.05, 3.63) is 71.3 Å². The summed E-state index contributed by atoms with van der Waals surface area (Å²) in [5, 5.41) is 9.23. The van der Waals surface area contributed by atoms with Gasteiger partial charge in [0.1, 0.15) is 0 Å². The second kappa shape index (κ2) is 7.18. The van der Waals surface area contributed by atoms with Crippen molar-refractivity contribution in [3.8, 4) is 0 Å². The molecule has 0 aromatic heterocycles. The van der Waals surface area contributed by atoms with Crippen LogP contribution in [0.4, 0.5) is 0 Å². The lowest BCUT2D eigenvalue weighted by Gasteiger charge is -2.33. The van der Waals surface area contributed by atoms with Crippen LogP contribution in [0.1, 0.15) is 40.7 Å². The van der Waals surface area contributed by atoms with Gasteiger partial charge in [-0.2, -0.15) is 0 Å². The van der Waals surface area contributed by atoms with Gasteiger partial charge < -0.3 is 10.0 Å². The average molecular weight is 363 g/mol. The van der Waals surface area contributed by atoms with Crippen LogP contribution in [0.3, 0.4) is 0 Å². The van der Waals surface area contributed by atoms with Crippen molar-refractivity contribution in [2.75, 3.05) is 13.1 Å². The quantitative estimate of drug-likeness (QED) is 0.879. The van der Waals surface area contributed by atoms with Gasteiger partial charge in [0, 0.05) is 18.7 Å². The zero-order valence-electron chi connectivity index (χ0n) is 15.4. The molecular weight excluding hydrogens is 338 g/mol. The Morgan fingerprint density at radius 2 is 1.63 bits per heavy atom. The number of likely N-dealkylation sites (tertiary alicyclic amines) is 1. The molecule has 1 aliphatic carbocycles. The van der Waals surface area contributed by atoms with Gasteiger partial charge in [0.25, 0.3) is 5.91 Å². The van der Waals surface area contributed by atoms with Crippen LogP contribution in [0, 0.1) is 11.3 Å². The van der Waals surface area contributed by atoms with Crippen molar-refractivity contribution in [1.29, 1.82) is 0 Å². The van der Waals surface area contributed by atoms with E-state index >= 15 is 0 Å². The molecule has 2 aromatic rings. The van der Waals surface area contributed by atoms with Crippen LogP contribution in [0.2, 0.25) is 0 Å². The van der Waals surface area contributed by atoms with Crippen molar-refractivity contribution in [1.82, 2.24) is 4.90 Å². The van der Waals surface area contributed by atoms with E-state index in [1.807, 2.05) is 47.4 Å². The van der Waals surface area contributed by atoms with Crippen molar-refractivity contribution in [3.63, 3.8) is 0 Å². The van der Waals surface area contributed by atoms with E-state index in [0.717, 1.165) is 43.2 Å². The number of carbonyl (C=O) groups excluding carboxylic acids is 1. The number of hydrogen-bond donors (Lipinski definition) is 1. The van der Waals surface area contributed by atoms with E-state index in [2.05, 4.69) is 12.1 Å². The highest BCUT2D eigenvalue weighted by Crippen LogP contribution is 2.59. The molecule has 0 radical (unpaired) electrons. The Labute approximate surface area is 159 Å². The Morgan fingerprint density at radius 3 is 2.30 bits per heavy atom. The number of benzene rings is 2. The number of aliphatic carboxylic acids is 1. The van der Waals surface area contributed by atoms with Crippen LogP contribution in [0.15, 0.2) is 54.6 Å². The van der Waals surface area contributed by atoms with Gasteiger partial charge in [-0.15, -0.1) is 0 Å². The van der Waals surface area contributed by atoms with Gasteiger partial charge in [-0.1, -0.05) is 48.5 Å². The van der Waals surface area contributed by atoms with Crippen molar-refractivity contribution in [2.24, 2.45) is 11.3 Å². The summed E-state index contributed by atoms with van der Waals surface area (Å²) in [6.07, 6.45) is 4.14. The SMILES string of the molecule is O=C(O)C1CC12CCN(C(=O)c1ccccc1CCc1ccccc1)CC2. The molecule has 4 rings (SSSR count). The van der Waals surface area contributed by atoms with Gasteiger partial charge in [0.2, 0.25) is 0 Å². The van der Waals surface area contributed by atoms with Crippen molar-refractivity contribution >= 4 is 11.9 Å². The number of carboxylic acids is 1. The number of rotatable bonds is 5. The number of piperidine rings is 1. The third-order valence-corrected chi connectivity index (χ3v) is 6.31. The van der Waals surface area contributed by atoms with E-state index in [1.165, 1.54) is 5.56 Å². The summed E-state index contributed by atoms with van der Waals surface area (Å²) in [6, 6.07) is 18.2. The molecule has 1 atom stereocenters. The normalized spacial score (nSPS) is 20.4. The largest absolute Gasteiger partial charge is 0.481 e. The monoisotopic (exact) mass is 363 g/mol. The number of hydrogen-bond acceptors (Lipinski definition) is 2. The average Bonchev–Trinajstić information content (AvgIpc) is 3.41. The highest BCUT2D eigenvalue weighted by molar-refractivity contribution is 5.95. The Balaban J connectivity index is 1.41. The molecule has 1 aliphatic heterocycles. The Hall–Kier alpha value is -2.62. The lowest BCUT2D eigenvalue weighted by atomic mass is 9.90. The van der Waals surface area contributed by atoms with Gasteiger partial charge in [-0.25, -0.2) is 0 Å². The third kappa shape index (κ3) is 3.61. The summed E-state index contributed by atoms with van der Waals surface area (Å²) in [4.78, 5) is 26.2. The van der Waals surface area contributed by atoms with Gasteiger partial charge in [-0.05, 0) is 54.7 Å². The smallest absolute Gasteiger partial charge is 0.307 e. The van der Waals surface area contributed by atoms with E-state index in [9.17, 15) is 14.7 Å². The molecule has 1 heterocycles. The third-order valence-electron chi connectivity index (χ3n) is 6.31. The van der Waals surface area contributed by atoms with E-state index in [4.69, 9.17) is 0 Å². The molecule has 4 nitrogen and oxygen atoms in total. The molecule has 1 saturated heterocycles. The number of carboxylic acid groups (broad SMARTS) is 1. The Morgan fingerprint density at radius 1 is 0.963 bits per heavy atom. The highest BCUT2D eigenvalue weighted by Gasteiger charge is 2.59. The minimum absolute atomic E-state index is 0.0462. The molecule has 1 N–H and O–H groups in total. The molecule has 1 saturated carbocycles. The summed E-state index contributed by atoms with van der Waals surface area (Å²) < 4.78 is 0. The second-order valence-electron chi connectivity index (χ2n) is 7.89. The van der Waals surface area contributed by atoms with Crippen LogP contribution < -0.4 is 0 Å². The van der Waals surface area contributed by atoms with E-state index < -0.39 is 5.97 Å². The first-order valence-electron chi connectivity index (χ1n) is 9.73. The van der Waals surface area contributed by atoms with Crippen molar-refractivity contribution in [2.45, 2.75) is 32.1 Å². The summed E-state index contributed by atoms with van der Waals surface area (Å²) in [7, 11) is 0. The lowest BCUT2D eigenvalue weighted by molar-refractivity contribution is -0.139. The molecule has 4 heteroatoms. The first-order valence-corrected chi connectivity index (χ1v) is 9.73. The minimum Gasteiger partial charge on any atom is -0.481 e. The molecule has 0 bridgehead atoms. The fraction of sp³-hybridized carbons (Fsp3) is 0.391. The predicted molar refractivity (Wildman–Crippen MR) is 104 cm³/mol. The molecule has 2 aliphatic rings. The van der Waals surface area contributed by atoms with E-state index in [1.54, 1.807) is 0 Å². The molecule has 27 heavy (non-hydrogen) atoms. The molecule has 2 fully saturated rings. The zero-order chi connectivity index (χ0) is 18.9. The van der Waals surface area contributed by atoms with Crippen LogP contribution in [-0.2, 0) is 17.6 Å². The second-order valence-corrected chi connectivity index (χ2v) is 7.89. The molecule has 2 aromatic carbocycles. The Bertz CT molecular complexity index is 838. The number of amides is 1. The highest BCUT2D eigenvalue weighted by atomic mass is 16.4. The maximum atomic E-state index is 13.1. The van der Waals surface area contributed by atoms with Crippen LogP contribution in [0.5, 0.6) is 0 Å². The maximum absolute atomic E-state index is 13.1. The van der Waals surface area contributed by atoms with Crippen molar-refractivity contribution < 1.29 is 14.7 Å². The summed E-state index contributed by atoms with van der Waals surface area (Å²) in [5.41, 5.74) is 3.10. The maximum Gasteiger partial charge on any atom is 0.307 e. The fourth-order valence-electron chi connectivity index (χ4n) is 4.45. The summed E-state index contributed by atoms with van der Waals surface area (Å²) in [5.74, 6) is -0.796. The molecule has 1 amide bonds. The first kappa shape index (κ1) is 17.8. The number of aryl methyl sites for hydroxylation is 2. The van der Waals surface area contributed by atoms with E-state index in [0.29, 0.717) is 13.1 Å². The standard InChI is InChI=1S/C23H25NO3/c25-21(24-14-12-23(13-15-24)16-20(23)22(26)27)19-9-5-4-8-18(19)11-10-17-6-2-1-3-7-17/h1-9,20H,10-16H2,(H,26,27). The molecule has 1 spiro atoms. The topological polar surface area (TPSA) is 57.6 Å². The van der Waals surface area contributed by atoms with Crippen LogP contribution in [0.25, 0.3) is 0 Å².